The highest BCUT2D eigenvalue weighted by atomic mass is 16.5. The van der Waals surface area contributed by atoms with Crippen LogP contribution in [0, 0.1) is 0 Å². The van der Waals surface area contributed by atoms with Crippen molar-refractivity contribution in [3.63, 3.8) is 0 Å². The van der Waals surface area contributed by atoms with E-state index in [0.717, 1.165) is 25.3 Å². The molecule has 1 heterocycles. The van der Waals surface area contributed by atoms with Gasteiger partial charge in [0.1, 0.15) is 5.75 Å². The van der Waals surface area contributed by atoms with Gasteiger partial charge in [-0.05, 0) is 55.5 Å². The number of ether oxygens (including phenoxy) is 1. The Morgan fingerprint density at radius 2 is 1.89 bits per heavy atom. The van der Waals surface area contributed by atoms with Crippen LogP contribution in [0.4, 0.5) is 0 Å². The minimum atomic E-state index is 0.167. The van der Waals surface area contributed by atoms with Crippen molar-refractivity contribution in [2.45, 2.75) is 59.1 Å². The molecule has 1 aliphatic heterocycles. The van der Waals surface area contributed by atoms with E-state index >= 15 is 0 Å². The van der Waals surface area contributed by atoms with Gasteiger partial charge in [0.25, 0.3) is 0 Å². The molecule has 0 N–H and O–H groups in total. The van der Waals surface area contributed by atoms with Gasteiger partial charge in [-0.3, -0.25) is 0 Å². The zero-order valence-corrected chi connectivity index (χ0v) is 13.2. The van der Waals surface area contributed by atoms with Gasteiger partial charge in [-0.15, -0.1) is 0 Å². The average Bonchev–Trinajstić information content (AvgIpc) is 2.26. The molecule has 0 amide bonds. The lowest BCUT2D eigenvalue weighted by atomic mass is 9.83. The number of rotatable bonds is 2. The maximum Gasteiger partial charge on any atom is 0.123 e. The molecule has 19 heavy (non-hydrogen) atoms. The lowest BCUT2D eigenvalue weighted by Gasteiger charge is -2.30. The molecule has 0 bridgehead atoms. The van der Waals surface area contributed by atoms with E-state index < -0.39 is 0 Å². The van der Waals surface area contributed by atoms with Crippen LogP contribution in [0.1, 0.15) is 51.3 Å². The molecule has 106 valence electrons. The number of hydrogen-bond donors (Lipinski definition) is 0. The number of nitrogens with zero attached hydrogens (tertiary/aromatic N) is 1. The van der Waals surface area contributed by atoms with Crippen LogP contribution < -0.4 is 4.74 Å². The van der Waals surface area contributed by atoms with Crippen molar-refractivity contribution in [2.75, 3.05) is 13.6 Å². The van der Waals surface area contributed by atoms with Gasteiger partial charge in [-0.2, -0.15) is 0 Å². The summed E-state index contributed by atoms with van der Waals surface area (Å²) >= 11 is 0. The number of hydrogen-bond acceptors (Lipinski definition) is 2. The molecule has 0 atom stereocenters. The van der Waals surface area contributed by atoms with E-state index in [-0.39, 0.29) is 11.5 Å². The van der Waals surface area contributed by atoms with Crippen LogP contribution in [0.3, 0.4) is 0 Å². The maximum atomic E-state index is 6.07. The fourth-order valence-corrected chi connectivity index (χ4v) is 2.59. The molecule has 0 fully saturated rings. The Bertz CT molecular complexity index is 457. The summed E-state index contributed by atoms with van der Waals surface area (Å²) in [7, 11) is 2.19. The first-order chi connectivity index (χ1) is 8.77. The molecule has 0 aromatic heterocycles. The molecule has 2 rings (SSSR count). The molecule has 0 spiro atoms. The number of fused-ring (bicyclic) bond motifs is 1. The van der Waals surface area contributed by atoms with Gasteiger partial charge in [-0.25, -0.2) is 0 Å². The highest BCUT2D eigenvalue weighted by Gasteiger charge is 2.23. The Morgan fingerprint density at radius 3 is 2.47 bits per heavy atom. The predicted octanol–water partition coefficient (Wildman–Crippen LogP) is 3.76. The summed E-state index contributed by atoms with van der Waals surface area (Å²) in [5.41, 5.74) is 4.40. The van der Waals surface area contributed by atoms with E-state index in [2.05, 4.69) is 58.7 Å². The van der Waals surface area contributed by atoms with Crippen molar-refractivity contribution in [1.29, 1.82) is 0 Å². The molecule has 0 aliphatic carbocycles. The van der Waals surface area contributed by atoms with Gasteiger partial charge in [0, 0.05) is 13.1 Å². The van der Waals surface area contributed by atoms with Gasteiger partial charge in [-0.1, -0.05) is 26.8 Å². The summed E-state index contributed by atoms with van der Waals surface area (Å²) < 4.78 is 6.07. The van der Waals surface area contributed by atoms with Crippen LogP contribution >= 0.6 is 0 Å². The lowest BCUT2D eigenvalue weighted by Crippen LogP contribution is -2.28. The Kier molecular flexibility index (Phi) is 3.91. The Balaban J connectivity index is 2.48. The quantitative estimate of drug-likeness (QED) is 0.803. The molecule has 0 unspecified atom stereocenters. The van der Waals surface area contributed by atoms with Crippen LogP contribution in [0.15, 0.2) is 12.1 Å². The third-order valence-electron chi connectivity index (χ3n) is 3.71. The summed E-state index contributed by atoms with van der Waals surface area (Å²) in [4.78, 5) is 2.38. The molecular formula is C17H27NO. The second-order valence-electron chi connectivity index (χ2n) is 7.02. The normalized spacial score (nSPS) is 16.6. The Labute approximate surface area is 117 Å². The first kappa shape index (κ1) is 14.4. The highest BCUT2D eigenvalue weighted by Crippen LogP contribution is 2.34. The third-order valence-corrected chi connectivity index (χ3v) is 3.71. The fraction of sp³-hybridized carbons (Fsp3) is 0.647. The average molecular weight is 261 g/mol. The third kappa shape index (κ3) is 3.30. The van der Waals surface area contributed by atoms with Gasteiger partial charge in [0.05, 0.1) is 6.10 Å². The van der Waals surface area contributed by atoms with Gasteiger partial charge >= 0.3 is 0 Å². The lowest BCUT2D eigenvalue weighted by molar-refractivity contribution is 0.233. The fourth-order valence-electron chi connectivity index (χ4n) is 2.59. The van der Waals surface area contributed by atoms with Crippen molar-refractivity contribution >= 4 is 0 Å². The molecule has 0 saturated heterocycles. The summed E-state index contributed by atoms with van der Waals surface area (Å²) in [5.74, 6) is 1.10. The van der Waals surface area contributed by atoms with Crippen LogP contribution in [-0.4, -0.2) is 24.6 Å². The van der Waals surface area contributed by atoms with E-state index in [1.807, 2.05) is 0 Å². The molecule has 0 saturated carbocycles. The van der Waals surface area contributed by atoms with Crippen molar-refractivity contribution in [3.8, 4) is 5.75 Å². The molecule has 1 aliphatic rings. The van der Waals surface area contributed by atoms with E-state index in [1.54, 1.807) is 0 Å². The Hall–Kier alpha value is -1.02. The molecular weight excluding hydrogens is 234 g/mol. The van der Waals surface area contributed by atoms with E-state index in [4.69, 9.17) is 4.74 Å². The summed E-state index contributed by atoms with van der Waals surface area (Å²) in [6.45, 7) is 13.2. The smallest absolute Gasteiger partial charge is 0.123 e. The van der Waals surface area contributed by atoms with Crippen molar-refractivity contribution < 1.29 is 4.74 Å². The first-order valence-corrected chi connectivity index (χ1v) is 7.29. The standard InChI is InChI=1S/C17H27NO/c1-12(2)19-16-10-14(17(3,4)5)9-13-11-18(6)8-7-15(13)16/h9-10,12H,7-8,11H2,1-6H3. The van der Waals surface area contributed by atoms with Crippen LogP contribution in [0.5, 0.6) is 5.75 Å². The Morgan fingerprint density at radius 1 is 1.21 bits per heavy atom. The number of likely N-dealkylation sites (N-methyl/N-ethyl adjacent to an activating group) is 1. The predicted molar refractivity (Wildman–Crippen MR) is 80.9 cm³/mol. The molecule has 1 aromatic carbocycles. The van der Waals surface area contributed by atoms with Gasteiger partial charge < -0.3 is 9.64 Å². The monoisotopic (exact) mass is 261 g/mol. The zero-order valence-electron chi connectivity index (χ0n) is 13.2. The van der Waals surface area contributed by atoms with E-state index in [0.29, 0.717) is 0 Å². The van der Waals surface area contributed by atoms with Crippen LogP contribution in [0.2, 0.25) is 0 Å². The molecule has 2 nitrogen and oxygen atoms in total. The largest absolute Gasteiger partial charge is 0.491 e. The SMILES string of the molecule is CC(C)Oc1cc(C(C)(C)C)cc2c1CCN(C)C2. The van der Waals surface area contributed by atoms with Crippen molar-refractivity contribution in [3.05, 3.63) is 28.8 Å². The second-order valence-corrected chi connectivity index (χ2v) is 7.02. The molecule has 0 radical (unpaired) electrons. The highest BCUT2D eigenvalue weighted by molar-refractivity contribution is 5.47. The minimum Gasteiger partial charge on any atom is -0.491 e. The summed E-state index contributed by atoms with van der Waals surface area (Å²) in [6.07, 6.45) is 1.33. The van der Waals surface area contributed by atoms with Crippen molar-refractivity contribution in [1.82, 2.24) is 4.90 Å². The maximum absolute atomic E-state index is 6.07. The minimum absolute atomic E-state index is 0.167. The summed E-state index contributed by atoms with van der Waals surface area (Å²) in [5, 5.41) is 0. The number of benzene rings is 1. The van der Waals surface area contributed by atoms with Crippen LogP contribution in [-0.2, 0) is 18.4 Å². The molecule has 2 heteroatoms. The second kappa shape index (κ2) is 5.16. The van der Waals surface area contributed by atoms with Crippen LogP contribution in [0.25, 0.3) is 0 Å². The topological polar surface area (TPSA) is 12.5 Å². The van der Waals surface area contributed by atoms with E-state index in [1.165, 1.54) is 16.7 Å². The molecule has 1 aromatic rings. The van der Waals surface area contributed by atoms with Gasteiger partial charge in [0.15, 0.2) is 0 Å². The first-order valence-electron chi connectivity index (χ1n) is 7.29. The van der Waals surface area contributed by atoms with Crippen molar-refractivity contribution in [2.24, 2.45) is 0 Å². The summed E-state index contributed by atoms with van der Waals surface area (Å²) in [6, 6.07) is 4.63. The zero-order chi connectivity index (χ0) is 14.2. The van der Waals surface area contributed by atoms with E-state index in [9.17, 15) is 0 Å². The van der Waals surface area contributed by atoms with Gasteiger partial charge in [0.2, 0.25) is 0 Å².